The van der Waals surface area contributed by atoms with Crippen molar-refractivity contribution in [3.05, 3.63) is 33.9 Å². The molecule has 0 heterocycles. The molecule has 0 aliphatic heterocycles. The van der Waals surface area contributed by atoms with E-state index in [1.807, 2.05) is 0 Å². The molecule has 7 heteroatoms. The lowest BCUT2D eigenvalue weighted by Crippen LogP contribution is -2.11. The van der Waals surface area contributed by atoms with Gasteiger partial charge in [-0.3, -0.25) is 14.9 Å². The van der Waals surface area contributed by atoms with E-state index >= 15 is 0 Å². The van der Waals surface area contributed by atoms with Gasteiger partial charge >= 0.3 is 5.97 Å². The predicted octanol–water partition coefficient (Wildman–Crippen LogP) is 1.69. The number of rotatable bonds is 5. The number of ether oxygens (including phenoxy) is 1. The summed E-state index contributed by atoms with van der Waals surface area (Å²) >= 11 is 0. The lowest BCUT2D eigenvalue weighted by Gasteiger charge is -2.08. The Morgan fingerprint density at radius 1 is 1.67 bits per heavy atom. The Morgan fingerprint density at radius 3 is 2.78 bits per heavy atom. The average Bonchev–Trinajstić information content (AvgIpc) is 2.31. The van der Waals surface area contributed by atoms with E-state index < -0.39 is 22.5 Å². The maximum absolute atomic E-state index is 10.9. The topological polar surface area (TPSA) is 113 Å². The minimum absolute atomic E-state index is 0.154. The monoisotopic (exact) mass is 250 g/mol. The van der Waals surface area contributed by atoms with Crippen molar-refractivity contribution in [2.75, 3.05) is 6.61 Å². The van der Waals surface area contributed by atoms with Crippen molar-refractivity contribution >= 4 is 11.7 Å². The summed E-state index contributed by atoms with van der Waals surface area (Å²) in [5.41, 5.74) is -0.589. The molecule has 0 saturated heterocycles. The third kappa shape index (κ3) is 2.74. The minimum atomic E-state index is -1.57. The first-order chi connectivity index (χ1) is 8.51. The Bertz CT molecular complexity index is 521. The molecule has 0 amide bonds. The van der Waals surface area contributed by atoms with Crippen LogP contribution in [0.25, 0.3) is 0 Å². The van der Waals surface area contributed by atoms with Gasteiger partial charge in [0.25, 0.3) is 5.69 Å². The van der Waals surface area contributed by atoms with Crippen molar-refractivity contribution in [1.82, 2.24) is 0 Å². The number of nitro groups is 1. The van der Waals surface area contributed by atoms with Gasteiger partial charge in [-0.15, -0.1) is 0 Å². The molecule has 1 rings (SSSR count). The van der Waals surface area contributed by atoms with E-state index in [-0.39, 0.29) is 11.3 Å². The van der Waals surface area contributed by atoms with Crippen molar-refractivity contribution in [2.24, 2.45) is 0 Å². The second-order valence-electron chi connectivity index (χ2n) is 3.31. The molecule has 1 unspecified atom stereocenters. The van der Waals surface area contributed by atoms with Crippen LogP contribution < -0.4 is 4.74 Å². The Hall–Kier alpha value is -2.62. The van der Waals surface area contributed by atoms with Crippen LogP contribution in [0, 0.1) is 21.4 Å². The summed E-state index contributed by atoms with van der Waals surface area (Å²) < 4.78 is 5.09. The van der Waals surface area contributed by atoms with Gasteiger partial charge in [0.05, 0.1) is 29.2 Å². The van der Waals surface area contributed by atoms with E-state index in [0.717, 1.165) is 6.07 Å². The zero-order valence-corrected chi connectivity index (χ0v) is 9.49. The van der Waals surface area contributed by atoms with Gasteiger partial charge in [-0.05, 0) is 19.1 Å². The van der Waals surface area contributed by atoms with E-state index in [2.05, 4.69) is 0 Å². The molecule has 18 heavy (non-hydrogen) atoms. The molecule has 94 valence electrons. The van der Waals surface area contributed by atoms with Gasteiger partial charge in [-0.2, -0.15) is 5.26 Å². The van der Waals surface area contributed by atoms with Crippen LogP contribution in [0.5, 0.6) is 5.75 Å². The highest BCUT2D eigenvalue weighted by atomic mass is 16.6. The number of hydrogen-bond donors (Lipinski definition) is 1. The summed E-state index contributed by atoms with van der Waals surface area (Å²) in [5.74, 6) is -2.74. The van der Waals surface area contributed by atoms with Gasteiger partial charge in [0.2, 0.25) is 0 Å². The van der Waals surface area contributed by atoms with Crippen LogP contribution in [-0.4, -0.2) is 22.6 Å². The summed E-state index contributed by atoms with van der Waals surface area (Å²) in [5, 5.41) is 28.4. The number of nitro benzene ring substituents is 1. The molecule has 0 aliphatic rings. The number of carboxylic acids is 1. The summed E-state index contributed by atoms with van der Waals surface area (Å²) in [6.45, 7) is 2.05. The molecular formula is C11H10N2O5. The number of nitriles is 1. The fourth-order valence-corrected chi connectivity index (χ4v) is 1.44. The first kappa shape index (κ1) is 13.4. The molecule has 7 nitrogen and oxygen atoms in total. The quantitative estimate of drug-likeness (QED) is 0.628. The van der Waals surface area contributed by atoms with Crippen molar-refractivity contribution in [3.8, 4) is 11.8 Å². The van der Waals surface area contributed by atoms with Crippen LogP contribution in [0.2, 0.25) is 0 Å². The summed E-state index contributed by atoms with van der Waals surface area (Å²) in [4.78, 5) is 21.0. The van der Waals surface area contributed by atoms with Gasteiger partial charge in [-0.25, -0.2) is 0 Å². The predicted molar refractivity (Wildman–Crippen MR) is 60.3 cm³/mol. The molecule has 0 bridgehead atoms. The van der Waals surface area contributed by atoms with Crippen molar-refractivity contribution in [3.63, 3.8) is 0 Å². The van der Waals surface area contributed by atoms with Crippen LogP contribution >= 0.6 is 0 Å². The van der Waals surface area contributed by atoms with Crippen molar-refractivity contribution in [1.29, 1.82) is 5.26 Å². The second-order valence-corrected chi connectivity index (χ2v) is 3.31. The normalized spacial score (nSPS) is 11.3. The lowest BCUT2D eigenvalue weighted by molar-refractivity contribution is -0.385. The van der Waals surface area contributed by atoms with Gasteiger partial charge in [0.15, 0.2) is 5.92 Å². The number of carboxylic acid groups (broad SMARTS) is 1. The standard InChI is InChI=1S/C11H10N2O5/c1-2-18-7-3-4-8(9(6-12)11(14)15)10(5-7)13(16)17/h3-5,9H,2H2,1H3,(H,14,15). The Kier molecular flexibility index (Phi) is 4.21. The highest BCUT2D eigenvalue weighted by Crippen LogP contribution is 2.30. The largest absolute Gasteiger partial charge is 0.494 e. The molecule has 1 aromatic carbocycles. The first-order valence-electron chi connectivity index (χ1n) is 5.04. The fourth-order valence-electron chi connectivity index (χ4n) is 1.44. The van der Waals surface area contributed by atoms with E-state index in [0.29, 0.717) is 6.61 Å². The second kappa shape index (κ2) is 5.63. The van der Waals surface area contributed by atoms with Crippen LogP contribution in [-0.2, 0) is 4.79 Å². The molecule has 1 atom stereocenters. The van der Waals surface area contributed by atoms with Crippen LogP contribution in [0.4, 0.5) is 5.69 Å². The summed E-state index contributed by atoms with van der Waals surface area (Å²) in [6.07, 6.45) is 0. The zero-order chi connectivity index (χ0) is 13.7. The summed E-state index contributed by atoms with van der Waals surface area (Å²) in [7, 11) is 0. The smallest absolute Gasteiger partial charge is 0.325 e. The highest BCUT2D eigenvalue weighted by Gasteiger charge is 2.28. The Morgan fingerprint density at radius 2 is 2.33 bits per heavy atom. The van der Waals surface area contributed by atoms with Crippen LogP contribution in [0.1, 0.15) is 18.4 Å². The van der Waals surface area contributed by atoms with Crippen LogP contribution in [0.15, 0.2) is 18.2 Å². The average molecular weight is 250 g/mol. The maximum Gasteiger partial charge on any atom is 0.325 e. The minimum Gasteiger partial charge on any atom is -0.494 e. The van der Waals surface area contributed by atoms with E-state index in [4.69, 9.17) is 15.1 Å². The van der Waals surface area contributed by atoms with E-state index in [1.54, 1.807) is 6.92 Å². The number of benzene rings is 1. The molecule has 1 aromatic rings. The number of nitrogens with zero attached hydrogens (tertiary/aromatic N) is 2. The lowest BCUT2D eigenvalue weighted by atomic mass is 9.99. The van der Waals surface area contributed by atoms with Gasteiger partial charge in [-0.1, -0.05) is 0 Å². The molecule has 0 spiro atoms. The van der Waals surface area contributed by atoms with Gasteiger partial charge in [0.1, 0.15) is 5.75 Å². The SMILES string of the molecule is CCOc1ccc(C(C#N)C(=O)O)c([N+](=O)[O-])c1. The molecule has 0 radical (unpaired) electrons. The Balaban J connectivity index is 3.32. The van der Waals surface area contributed by atoms with E-state index in [9.17, 15) is 14.9 Å². The number of hydrogen-bond acceptors (Lipinski definition) is 5. The van der Waals surface area contributed by atoms with Crippen LogP contribution in [0.3, 0.4) is 0 Å². The zero-order valence-electron chi connectivity index (χ0n) is 9.49. The third-order valence-corrected chi connectivity index (χ3v) is 2.20. The first-order valence-corrected chi connectivity index (χ1v) is 5.04. The number of carbonyl (C=O) groups is 1. The summed E-state index contributed by atoms with van der Waals surface area (Å²) in [6, 6.07) is 5.27. The molecule has 0 saturated carbocycles. The van der Waals surface area contributed by atoms with Crippen molar-refractivity contribution < 1.29 is 19.6 Å². The molecular weight excluding hydrogens is 240 g/mol. The fraction of sp³-hybridized carbons (Fsp3) is 0.273. The molecule has 0 aromatic heterocycles. The third-order valence-electron chi connectivity index (χ3n) is 2.20. The molecule has 0 aliphatic carbocycles. The number of aliphatic carboxylic acids is 1. The van der Waals surface area contributed by atoms with Gasteiger partial charge in [0, 0.05) is 0 Å². The van der Waals surface area contributed by atoms with E-state index in [1.165, 1.54) is 18.2 Å². The Labute approximate surface area is 102 Å². The molecule has 1 N–H and O–H groups in total. The maximum atomic E-state index is 10.9. The van der Waals surface area contributed by atoms with Crippen molar-refractivity contribution in [2.45, 2.75) is 12.8 Å². The highest BCUT2D eigenvalue weighted by molar-refractivity contribution is 5.81. The van der Waals surface area contributed by atoms with Gasteiger partial charge < -0.3 is 9.84 Å². The molecule has 0 fully saturated rings.